The van der Waals surface area contributed by atoms with E-state index in [4.69, 9.17) is 4.74 Å². The zero-order valence-corrected chi connectivity index (χ0v) is 17.7. The molecule has 0 aliphatic rings. The molecule has 0 bridgehead atoms. The molecule has 1 unspecified atom stereocenters. The van der Waals surface area contributed by atoms with E-state index in [0.29, 0.717) is 6.61 Å². The van der Waals surface area contributed by atoms with Gasteiger partial charge in [-0.05, 0) is 35.1 Å². The molecule has 0 saturated heterocycles. The number of nitrogens with zero attached hydrogens (tertiary/aromatic N) is 1. The van der Waals surface area contributed by atoms with Crippen molar-refractivity contribution in [2.75, 3.05) is 26.8 Å². The number of methoxy groups -OCH3 is 1. The fourth-order valence-electron chi connectivity index (χ4n) is 3.31. The third kappa shape index (κ3) is 6.80. The van der Waals surface area contributed by atoms with Gasteiger partial charge in [0.2, 0.25) is 0 Å². The second kappa shape index (κ2) is 10.1. The Morgan fingerprint density at radius 1 is 1.15 bits per heavy atom. The van der Waals surface area contributed by atoms with Gasteiger partial charge in [0.25, 0.3) is 0 Å². The van der Waals surface area contributed by atoms with Crippen molar-refractivity contribution in [3.63, 3.8) is 0 Å². The van der Waals surface area contributed by atoms with E-state index in [1.54, 1.807) is 7.11 Å². The molecule has 0 aliphatic carbocycles. The Labute approximate surface area is 164 Å². The largest absolute Gasteiger partial charge is 0.387 e. The van der Waals surface area contributed by atoms with Gasteiger partial charge < -0.3 is 19.3 Å². The summed E-state index contributed by atoms with van der Waals surface area (Å²) in [6, 6.07) is 13.3. The highest BCUT2D eigenvalue weighted by Gasteiger charge is 2.17. The van der Waals surface area contributed by atoms with E-state index in [1.165, 1.54) is 21.7 Å². The number of hydrogen-bond donors (Lipinski definition) is 2. The van der Waals surface area contributed by atoms with E-state index in [9.17, 15) is 5.11 Å². The Hall–Kier alpha value is -1.62. The van der Waals surface area contributed by atoms with E-state index < -0.39 is 0 Å². The van der Waals surface area contributed by atoms with E-state index in [1.807, 2.05) is 6.92 Å². The van der Waals surface area contributed by atoms with Crippen LogP contribution in [0.3, 0.4) is 0 Å². The van der Waals surface area contributed by atoms with Crippen LogP contribution in [-0.2, 0) is 23.2 Å². The van der Waals surface area contributed by atoms with Crippen molar-refractivity contribution in [2.45, 2.75) is 58.7 Å². The zero-order chi connectivity index (χ0) is 19.9. The molecule has 2 rings (SSSR count). The smallest absolute Gasteiger partial charge is 0.118 e. The number of rotatable bonds is 10. The van der Waals surface area contributed by atoms with Crippen LogP contribution in [0.4, 0.5) is 0 Å². The van der Waals surface area contributed by atoms with Crippen LogP contribution in [0.25, 0.3) is 0 Å². The first-order valence-corrected chi connectivity index (χ1v) is 10.1. The molecule has 2 aromatic rings. The van der Waals surface area contributed by atoms with Crippen molar-refractivity contribution >= 4 is 0 Å². The van der Waals surface area contributed by atoms with Crippen LogP contribution in [-0.4, -0.2) is 42.6 Å². The Kier molecular flexibility index (Phi) is 8.08. The lowest BCUT2D eigenvalue weighted by Gasteiger charge is -2.22. The van der Waals surface area contributed by atoms with Gasteiger partial charge in [0.15, 0.2) is 0 Å². The molecular formula is C23H37N2O2+. The van der Waals surface area contributed by atoms with Crippen LogP contribution in [0.5, 0.6) is 0 Å². The van der Waals surface area contributed by atoms with Crippen LogP contribution in [0.15, 0.2) is 42.6 Å². The third-order valence-corrected chi connectivity index (χ3v) is 5.18. The second-order valence-electron chi connectivity index (χ2n) is 8.51. The number of benzene rings is 1. The molecule has 27 heavy (non-hydrogen) atoms. The maximum atomic E-state index is 10.1. The zero-order valence-electron chi connectivity index (χ0n) is 17.7. The third-order valence-electron chi connectivity index (χ3n) is 5.18. The molecule has 4 nitrogen and oxygen atoms in total. The van der Waals surface area contributed by atoms with E-state index >= 15 is 0 Å². The molecular weight excluding hydrogens is 336 g/mol. The molecule has 2 atom stereocenters. The normalized spacial score (nSPS) is 14.3. The lowest BCUT2D eigenvalue weighted by atomic mass is 9.87. The molecule has 0 spiro atoms. The first-order chi connectivity index (χ1) is 12.8. The molecule has 1 aromatic carbocycles. The van der Waals surface area contributed by atoms with Gasteiger partial charge in [-0.25, -0.2) is 0 Å². The summed E-state index contributed by atoms with van der Waals surface area (Å²) in [5.74, 6) is 0. The summed E-state index contributed by atoms with van der Waals surface area (Å²) < 4.78 is 7.58. The van der Waals surface area contributed by atoms with Gasteiger partial charge in [-0.2, -0.15) is 0 Å². The van der Waals surface area contributed by atoms with Gasteiger partial charge in [-0.3, -0.25) is 0 Å². The van der Waals surface area contributed by atoms with Gasteiger partial charge in [-0.1, -0.05) is 52.0 Å². The van der Waals surface area contributed by atoms with Crippen LogP contribution in [0.1, 0.15) is 50.9 Å². The molecule has 4 heteroatoms. The number of aliphatic hydroxyl groups is 1. The highest BCUT2D eigenvalue weighted by Crippen LogP contribution is 2.22. The van der Waals surface area contributed by atoms with E-state index in [-0.39, 0.29) is 11.5 Å². The van der Waals surface area contributed by atoms with Crippen molar-refractivity contribution in [1.29, 1.82) is 0 Å². The minimum absolute atomic E-state index is 0.183. The standard InChI is InChI=1S/C23H36N2O2/c1-6-22(26)18-24(14-15-27-5)17-21-8-7-13-25(21)16-19-9-11-20(12-10-19)23(2,3)4/h7-13,22,26H,6,14-18H2,1-5H3/p+1/t22-/m0/s1. The number of aromatic nitrogens is 1. The summed E-state index contributed by atoms with van der Waals surface area (Å²) in [7, 11) is 1.73. The minimum Gasteiger partial charge on any atom is -0.387 e. The first kappa shape index (κ1) is 21.7. The van der Waals surface area contributed by atoms with Crippen LogP contribution >= 0.6 is 0 Å². The number of nitrogens with one attached hydrogen (secondary N) is 1. The number of quaternary nitrogens is 1. The quantitative estimate of drug-likeness (QED) is 0.672. The molecule has 0 fully saturated rings. The SMILES string of the molecule is CC[C@H](O)C[NH+](CCOC)Cc1cccn1Cc1ccc(C(C)(C)C)cc1. The Morgan fingerprint density at radius 2 is 1.85 bits per heavy atom. The van der Waals surface area contributed by atoms with Crippen LogP contribution in [0.2, 0.25) is 0 Å². The van der Waals surface area contributed by atoms with Crippen molar-refractivity contribution < 1.29 is 14.7 Å². The second-order valence-corrected chi connectivity index (χ2v) is 8.51. The molecule has 1 aromatic heterocycles. The first-order valence-electron chi connectivity index (χ1n) is 10.1. The Bertz CT molecular complexity index is 670. The summed E-state index contributed by atoms with van der Waals surface area (Å²) in [4.78, 5) is 1.36. The van der Waals surface area contributed by atoms with Crippen LogP contribution in [0, 0.1) is 0 Å². The summed E-state index contributed by atoms with van der Waals surface area (Å²) in [5.41, 5.74) is 4.15. The van der Waals surface area contributed by atoms with E-state index in [0.717, 1.165) is 32.6 Å². The summed E-state index contributed by atoms with van der Waals surface area (Å²) in [6.45, 7) is 12.9. The van der Waals surface area contributed by atoms with Crippen molar-refractivity contribution in [3.05, 3.63) is 59.4 Å². The van der Waals surface area contributed by atoms with Gasteiger partial charge >= 0.3 is 0 Å². The molecule has 0 radical (unpaired) electrons. The molecule has 2 N–H and O–H groups in total. The van der Waals surface area contributed by atoms with Crippen LogP contribution < -0.4 is 4.90 Å². The fourth-order valence-corrected chi connectivity index (χ4v) is 3.31. The van der Waals surface area contributed by atoms with E-state index in [2.05, 4.69) is 67.9 Å². The molecule has 0 amide bonds. The molecule has 0 saturated carbocycles. The summed E-state index contributed by atoms with van der Waals surface area (Å²) >= 11 is 0. The lowest BCUT2D eigenvalue weighted by molar-refractivity contribution is -0.917. The monoisotopic (exact) mass is 373 g/mol. The molecule has 150 valence electrons. The highest BCUT2D eigenvalue weighted by molar-refractivity contribution is 5.28. The van der Waals surface area contributed by atoms with Crippen molar-refractivity contribution in [1.82, 2.24) is 4.57 Å². The van der Waals surface area contributed by atoms with Gasteiger partial charge in [0, 0.05) is 19.9 Å². The Morgan fingerprint density at radius 3 is 2.44 bits per heavy atom. The Balaban J connectivity index is 2.07. The fraction of sp³-hybridized carbons (Fsp3) is 0.565. The molecule has 0 aliphatic heterocycles. The average molecular weight is 374 g/mol. The maximum absolute atomic E-state index is 10.1. The highest BCUT2D eigenvalue weighted by atomic mass is 16.5. The minimum atomic E-state index is -0.259. The van der Waals surface area contributed by atoms with Crippen molar-refractivity contribution in [2.24, 2.45) is 0 Å². The predicted molar refractivity (Wildman–Crippen MR) is 111 cm³/mol. The maximum Gasteiger partial charge on any atom is 0.118 e. The van der Waals surface area contributed by atoms with Gasteiger partial charge in [-0.15, -0.1) is 0 Å². The van der Waals surface area contributed by atoms with Crippen molar-refractivity contribution in [3.8, 4) is 0 Å². The number of aliphatic hydroxyl groups excluding tert-OH is 1. The number of hydrogen-bond acceptors (Lipinski definition) is 2. The molecule has 1 heterocycles. The summed E-state index contributed by atoms with van der Waals surface area (Å²) in [5, 5.41) is 10.1. The van der Waals surface area contributed by atoms with Gasteiger partial charge in [0.05, 0.1) is 12.3 Å². The van der Waals surface area contributed by atoms with Gasteiger partial charge in [0.1, 0.15) is 25.7 Å². The topological polar surface area (TPSA) is 38.8 Å². The predicted octanol–water partition coefficient (Wildman–Crippen LogP) is 2.64. The summed E-state index contributed by atoms with van der Waals surface area (Å²) in [6.07, 6.45) is 2.68. The number of ether oxygens (including phenoxy) is 1. The average Bonchev–Trinajstić information content (AvgIpc) is 3.05. The lowest BCUT2D eigenvalue weighted by Crippen LogP contribution is -3.12.